The van der Waals surface area contributed by atoms with Gasteiger partial charge in [-0.3, -0.25) is 0 Å². The number of thiazole rings is 1. The van der Waals surface area contributed by atoms with Gasteiger partial charge in [0.05, 0.1) is 33.8 Å². The third-order valence-corrected chi connectivity index (χ3v) is 6.17. The fraction of sp³-hybridized carbons (Fsp3) is 0.286. The zero-order chi connectivity index (χ0) is 14.2. The molecule has 1 aliphatic heterocycles. The number of nitriles is 1. The van der Waals surface area contributed by atoms with Gasteiger partial charge in [-0.15, -0.1) is 11.3 Å². The Balaban J connectivity index is 1.89. The third-order valence-electron chi connectivity index (χ3n) is 3.39. The third kappa shape index (κ3) is 2.60. The van der Waals surface area contributed by atoms with Crippen molar-refractivity contribution in [3.63, 3.8) is 0 Å². The van der Waals surface area contributed by atoms with Gasteiger partial charge in [-0.2, -0.15) is 5.26 Å². The lowest BCUT2D eigenvalue weighted by Gasteiger charge is -2.01. The second-order valence-electron chi connectivity index (χ2n) is 4.86. The molecule has 0 spiro atoms. The van der Waals surface area contributed by atoms with Crippen molar-refractivity contribution in [1.29, 1.82) is 5.26 Å². The molecule has 1 aromatic carbocycles. The molecule has 0 saturated carbocycles. The highest BCUT2D eigenvalue weighted by molar-refractivity contribution is 7.91. The van der Waals surface area contributed by atoms with E-state index in [1.165, 1.54) is 11.3 Å². The first kappa shape index (κ1) is 13.3. The van der Waals surface area contributed by atoms with Crippen LogP contribution in [0, 0.1) is 11.3 Å². The largest absolute Gasteiger partial charge is 0.241 e. The number of hydrogen-bond donors (Lipinski definition) is 0. The topological polar surface area (TPSA) is 70.8 Å². The lowest BCUT2D eigenvalue weighted by Crippen LogP contribution is -2.03. The Morgan fingerprint density at radius 1 is 1.40 bits per heavy atom. The van der Waals surface area contributed by atoms with E-state index in [-0.39, 0.29) is 17.4 Å². The van der Waals surface area contributed by atoms with E-state index in [2.05, 4.69) is 11.1 Å². The van der Waals surface area contributed by atoms with Crippen LogP contribution in [-0.2, 0) is 9.84 Å². The van der Waals surface area contributed by atoms with E-state index in [4.69, 9.17) is 5.26 Å². The lowest BCUT2D eigenvalue weighted by molar-refractivity contribution is 0.601. The van der Waals surface area contributed by atoms with E-state index in [1.54, 1.807) is 12.1 Å². The normalized spacial score (nSPS) is 20.6. The molecule has 20 heavy (non-hydrogen) atoms. The molecule has 0 radical (unpaired) electrons. The number of sulfone groups is 1. The van der Waals surface area contributed by atoms with Crippen LogP contribution in [0.2, 0.25) is 0 Å². The first-order valence-corrected chi connectivity index (χ1v) is 8.94. The van der Waals surface area contributed by atoms with Crippen molar-refractivity contribution in [3.05, 3.63) is 40.2 Å². The maximum atomic E-state index is 11.5. The predicted molar refractivity (Wildman–Crippen MR) is 78.3 cm³/mol. The van der Waals surface area contributed by atoms with E-state index in [9.17, 15) is 8.42 Å². The molecule has 2 heterocycles. The maximum absolute atomic E-state index is 11.5. The molecule has 1 unspecified atom stereocenters. The van der Waals surface area contributed by atoms with Gasteiger partial charge in [0, 0.05) is 16.9 Å². The monoisotopic (exact) mass is 304 g/mol. The van der Waals surface area contributed by atoms with Gasteiger partial charge in [0.2, 0.25) is 0 Å². The van der Waals surface area contributed by atoms with Gasteiger partial charge in [0.1, 0.15) is 0 Å². The molecular weight excluding hydrogens is 292 g/mol. The van der Waals surface area contributed by atoms with E-state index in [1.807, 2.05) is 17.5 Å². The Kier molecular flexibility index (Phi) is 3.32. The maximum Gasteiger partial charge on any atom is 0.151 e. The molecule has 1 saturated heterocycles. The molecule has 4 nitrogen and oxygen atoms in total. The van der Waals surface area contributed by atoms with Gasteiger partial charge >= 0.3 is 0 Å². The summed E-state index contributed by atoms with van der Waals surface area (Å²) in [5.41, 5.74) is 2.30. The van der Waals surface area contributed by atoms with Crippen LogP contribution in [0.3, 0.4) is 0 Å². The second kappa shape index (κ2) is 5.00. The molecule has 6 heteroatoms. The van der Waals surface area contributed by atoms with E-state index in [0.717, 1.165) is 16.3 Å². The van der Waals surface area contributed by atoms with Crippen molar-refractivity contribution >= 4 is 21.2 Å². The van der Waals surface area contributed by atoms with Crippen molar-refractivity contribution in [2.75, 3.05) is 11.5 Å². The van der Waals surface area contributed by atoms with Crippen molar-refractivity contribution in [3.8, 4) is 17.3 Å². The fourth-order valence-corrected chi connectivity index (χ4v) is 5.16. The van der Waals surface area contributed by atoms with Crippen LogP contribution in [0.1, 0.15) is 22.9 Å². The summed E-state index contributed by atoms with van der Waals surface area (Å²) in [5.74, 6) is 0.493. The molecule has 0 bridgehead atoms. The SMILES string of the molecule is N#Cc1cccc(-c2csc(C3CCS(=O)(=O)C3)n2)c1. The molecule has 102 valence electrons. The van der Waals surface area contributed by atoms with Gasteiger partial charge in [-0.25, -0.2) is 13.4 Å². The summed E-state index contributed by atoms with van der Waals surface area (Å²) >= 11 is 1.50. The average molecular weight is 304 g/mol. The number of benzene rings is 1. The lowest BCUT2D eigenvalue weighted by atomic mass is 10.1. The minimum Gasteiger partial charge on any atom is -0.241 e. The summed E-state index contributed by atoms with van der Waals surface area (Å²) < 4.78 is 23.0. The Morgan fingerprint density at radius 3 is 2.95 bits per heavy atom. The summed E-state index contributed by atoms with van der Waals surface area (Å²) in [7, 11) is -2.89. The molecule has 2 aromatic rings. The highest BCUT2D eigenvalue weighted by Gasteiger charge is 2.30. The molecule has 0 amide bonds. The molecule has 1 fully saturated rings. The van der Waals surface area contributed by atoms with E-state index in [0.29, 0.717) is 12.0 Å². The smallest absolute Gasteiger partial charge is 0.151 e. The van der Waals surface area contributed by atoms with Crippen molar-refractivity contribution < 1.29 is 8.42 Å². The van der Waals surface area contributed by atoms with Crippen LogP contribution < -0.4 is 0 Å². The first-order chi connectivity index (χ1) is 9.57. The standard InChI is InChI=1S/C14H12N2O2S2/c15-7-10-2-1-3-11(6-10)13-8-19-14(16-13)12-4-5-20(17,18)9-12/h1-3,6,8,12H,4-5,9H2. The van der Waals surface area contributed by atoms with Crippen LogP contribution in [-0.4, -0.2) is 24.9 Å². The van der Waals surface area contributed by atoms with Gasteiger partial charge in [0.15, 0.2) is 9.84 Å². The van der Waals surface area contributed by atoms with Gasteiger partial charge in [-0.05, 0) is 18.6 Å². The predicted octanol–water partition coefficient (Wildman–Crippen LogP) is 2.58. The number of nitrogens with zero attached hydrogens (tertiary/aromatic N) is 2. The Hall–Kier alpha value is -1.71. The van der Waals surface area contributed by atoms with Gasteiger partial charge in [-0.1, -0.05) is 12.1 Å². The number of rotatable bonds is 2. The van der Waals surface area contributed by atoms with E-state index < -0.39 is 9.84 Å². The van der Waals surface area contributed by atoms with E-state index >= 15 is 0 Å². The zero-order valence-electron chi connectivity index (χ0n) is 10.6. The minimum absolute atomic E-state index is 0.0258. The zero-order valence-corrected chi connectivity index (χ0v) is 12.2. The molecule has 0 N–H and O–H groups in total. The Morgan fingerprint density at radius 2 is 2.25 bits per heavy atom. The van der Waals surface area contributed by atoms with Gasteiger partial charge < -0.3 is 0 Å². The summed E-state index contributed by atoms with van der Waals surface area (Å²) in [6, 6.07) is 9.39. The van der Waals surface area contributed by atoms with Crippen LogP contribution in [0.25, 0.3) is 11.3 Å². The van der Waals surface area contributed by atoms with Crippen molar-refractivity contribution in [1.82, 2.24) is 4.98 Å². The van der Waals surface area contributed by atoms with Crippen molar-refractivity contribution in [2.24, 2.45) is 0 Å². The summed E-state index contributed by atoms with van der Waals surface area (Å²) in [6.07, 6.45) is 0.660. The molecule has 1 atom stereocenters. The van der Waals surface area contributed by atoms with Gasteiger partial charge in [0.25, 0.3) is 0 Å². The molecule has 1 aromatic heterocycles. The Labute approximate surface area is 121 Å². The second-order valence-corrected chi connectivity index (χ2v) is 7.98. The summed E-state index contributed by atoms with van der Waals surface area (Å²) in [6.45, 7) is 0. The first-order valence-electron chi connectivity index (χ1n) is 6.24. The fourth-order valence-electron chi connectivity index (χ4n) is 2.35. The highest BCUT2D eigenvalue weighted by atomic mass is 32.2. The quantitative estimate of drug-likeness (QED) is 0.855. The van der Waals surface area contributed by atoms with Crippen molar-refractivity contribution in [2.45, 2.75) is 12.3 Å². The minimum atomic E-state index is -2.89. The highest BCUT2D eigenvalue weighted by Crippen LogP contribution is 2.33. The Bertz CT molecular complexity index is 788. The molecule has 0 aliphatic carbocycles. The molecule has 1 aliphatic rings. The molecular formula is C14H12N2O2S2. The van der Waals surface area contributed by atoms with Crippen LogP contribution >= 0.6 is 11.3 Å². The van der Waals surface area contributed by atoms with Crippen LogP contribution in [0.4, 0.5) is 0 Å². The summed E-state index contributed by atoms with van der Waals surface area (Å²) in [5, 5.41) is 11.7. The average Bonchev–Trinajstić information content (AvgIpc) is 3.05. The summed E-state index contributed by atoms with van der Waals surface area (Å²) in [4.78, 5) is 4.55. The number of aromatic nitrogens is 1. The molecule has 3 rings (SSSR count). The van der Waals surface area contributed by atoms with Crippen LogP contribution in [0.15, 0.2) is 29.6 Å². The van der Waals surface area contributed by atoms with Crippen LogP contribution in [0.5, 0.6) is 0 Å². The number of hydrogen-bond acceptors (Lipinski definition) is 5.